The van der Waals surface area contributed by atoms with Crippen molar-refractivity contribution < 1.29 is 9.53 Å². The summed E-state index contributed by atoms with van der Waals surface area (Å²) in [6.07, 6.45) is 1.77. The Bertz CT molecular complexity index is 615. The monoisotopic (exact) mass is 334 g/mol. The first-order chi connectivity index (χ1) is 10.6. The fraction of sp³-hybridized carbons (Fsp3) is 0.278. The van der Waals surface area contributed by atoms with Crippen molar-refractivity contribution in [3.8, 4) is 5.75 Å². The molecule has 124 valence electrons. The first kappa shape index (κ1) is 18.8. The molecule has 0 saturated carbocycles. The van der Waals surface area contributed by atoms with Gasteiger partial charge in [0.2, 0.25) is 0 Å². The van der Waals surface area contributed by atoms with Crippen molar-refractivity contribution in [3.63, 3.8) is 0 Å². The number of nitrogens with two attached hydrogens (primary N) is 1. The second-order valence-electron chi connectivity index (χ2n) is 5.25. The Morgan fingerprint density at radius 1 is 1.13 bits per heavy atom. The number of aryl methyl sites for hydroxylation is 1. The summed E-state index contributed by atoms with van der Waals surface area (Å²) in [6.45, 7) is 3.33. The summed E-state index contributed by atoms with van der Waals surface area (Å²) in [7, 11) is 0. The summed E-state index contributed by atoms with van der Waals surface area (Å²) < 4.78 is 5.64. The molecular weight excluding hydrogens is 312 g/mol. The lowest BCUT2D eigenvalue weighted by Crippen LogP contribution is -2.24. The van der Waals surface area contributed by atoms with Crippen molar-refractivity contribution in [2.75, 3.05) is 18.9 Å². The molecule has 2 aromatic carbocycles. The number of hydrogen-bond acceptors (Lipinski definition) is 3. The molecule has 0 aliphatic rings. The van der Waals surface area contributed by atoms with Crippen LogP contribution in [0.2, 0.25) is 0 Å². The van der Waals surface area contributed by atoms with Gasteiger partial charge in [-0.15, -0.1) is 12.4 Å². The Balaban J connectivity index is 0.00000264. The number of nitrogen functional groups attached to an aromatic ring is 1. The van der Waals surface area contributed by atoms with E-state index in [1.54, 1.807) is 24.3 Å². The average molecular weight is 335 g/mol. The van der Waals surface area contributed by atoms with Crippen LogP contribution in [0.15, 0.2) is 48.5 Å². The van der Waals surface area contributed by atoms with Crippen LogP contribution in [0.25, 0.3) is 0 Å². The van der Waals surface area contributed by atoms with Gasteiger partial charge < -0.3 is 15.8 Å². The van der Waals surface area contributed by atoms with Crippen LogP contribution in [0.4, 0.5) is 5.69 Å². The van der Waals surface area contributed by atoms with Crippen LogP contribution in [-0.4, -0.2) is 19.1 Å². The molecule has 5 heteroatoms. The molecule has 0 bridgehead atoms. The second-order valence-corrected chi connectivity index (χ2v) is 5.25. The number of nitrogens with one attached hydrogen (secondary N) is 1. The molecule has 0 aliphatic heterocycles. The average Bonchev–Trinajstić information content (AvgIpc) is 2.52. The van der Waals surface area contributed by atoms with Crippen LogP contribution < -0.4 is 15.8 Å². The SMILES string of the molecule is Cc1ccc(OCCCCNC(=O)c2cccc(N)c2)cc1.Cl. The molecule has 0 saturated heterocycles. The molecule has 0 atom stereocenters. The predicted octanol–water partition coefficient (Wildman–Crippen LogP) is 3.59. The van der Waals surface area contributed by atoms with Crippen LogP contribution in [-0.2, 0) is 0 Å². The summed E-state index contributed by atoms with van der Waals surface area (Å²) >= 11 is 0. The van der Waals surface area contributed by atoms with Gasteiger partial charge in [0.15, 0.2) is 0 Å². The van der Waals surface area contributed by atoms with Crippen LogP contribution in [0.3, 0.4) is 0 Å². The first-order valence-electron chi connectivity index (χ1n) is 7.48. The van der Waals surface area contributed by atoms with Gasteiger partial charge in [0, 0.05) is 17.8 Å². The largest absolute Gasteiger partial charge is 0.494 e. The smallest absolute Gasteiger partial charge is 0.251 e. The molecule has 23 heavy (non-hydrogen) atoms. The van der Waals surface area contributed by atoms with Crippen molar-refractivity contribution in [2.24, 2.45) is 0 Å². The number of amides is 1. The molecule has 0 heterocycles. The zero-order valence-electron chi connectivity index (χ0n) is 13.2. The van der Waals surface area contributed by atoms with Crippen molar-refractivity contribution in [2.45, 2.75) is 19.8 Å². The van der Waals surface area contributed by atoms with E-state index in [2.05, 4.69) is 5.32 Å². The molecule has 3 N–H and O–H groups in total. The summed E-state index contributed by atoms with van der Waals surface area (Å²) in [5, 5.41) is 2.88. The Morgan fingerprint density at radius 3 is 2.57 bits per heavy atom. The molecule has 0 aromatic heterocycles. The van der Waals surface area contributed by atoms with E-state index in [1.807, 2.05) is 31.2 Å². The molecule has 0 unspecified atom stereocenters. The lowest BCUT2D eigenvalue weighted by Gasteiger charge is -2.08. The molecule has 0 spiro atoms. The van der Waals surface area contributed by atoms with E-state index in [0.29, 0.717) is 24.4 Å². The zero-order valence-corrected chi connectivity index (χ0v) is 14.1. The number of benzene rings is 2. The maximum Gasteiger partial charge on any atom is 0.251 e. The number of unbranched alkanes of at least 4 members (excludes halogenated alkanes) is 1. The Labute approximate surface area is 143 Å². The second kappa shape index (κ2) is 9.74. The van der Waals surface area contributed by atoms with Crippen LogP contribution in [0.1, 0.15) is 28.8 Å². The van der Waals surface area contributed by atoms with Gasteiger partial charge in [0.1, 0.15) is 5.75 Å². The van der Waals surface area contributed by atoms with E-state index in [1.165, 1.54) is 5.56 Å². The summed E-state index contributed by atoms with van der Waals surface area (Å²) in [6, 6.07) is 15.0. The Kier molecular flexibility index (Phi) is 7.98. The highest BCUT2D eigenvalue weighted by molar-refractivity contribution is 5.94. The van der Waals surface area contributed by atoms with Gasteiger partial charge in [-0.1, -0.05) is 23.8 Å². The minimum Gasteiger partial charge on any atom is -0.494 e. The molecular formula is C18H23ClN2O2. The van der Waals surface area contributed by atoms with E-state index in [9.17, 15) is 4.79 Å². The lowest BCUT2D eigenvalue weighted by atomic mass is 10.2. The minimum atomic E-state index is -0.0910. The van der Waals surface area contributed by atoms with Gasteiger partial charge in [0.25, 0.3) is 5.91 Å². The molecule has 2 aromatic rings. The lowest BCUT2D eigenvalue weighted by molar-refractivity contribution is 0.0952. The van der Waals surface area contributed by atoms with Crippen LogP contribution in [0.5, 0.6) is 5.75 Å². The normalized spacial score (nSPS) is 9.78. The highest BCUT2D eigenvalue weighted by Crippen LogP contribution is 2.11. The number of anilines is 1. The van der Waals surface area contributed by atoms with Gasteiger partial charge in [-0.2, -0.15) is 0 Å². The number of ether oxygens (including phenoxy) is 1. The highest BCUT2D eigenvalue weighted by atomic mass is 35.5. The Morgan fingerprint density at radius 2 is 1.87 bits per heavy atom. The predicted molar refractivity (Wildman–Crippen MR) is 96.3 cm³/mol. The summed E-state index contributed by atoms with van der Waals surface area (Å²) in [5.41, 5.74) is 8.07. The highest BCUT2D eigenvalue weighted by Gasteiger charge is 2.04. The fourth-order valence-corrected chi connectivity index (χ4v) is 2.04. The number of rotatable bonds is 7. The van der Waals surface area contributed by atoms with E-state index < -0.39 is 0 Å². The third-order valence-corrected chi connectivity index (χ3v) is 3.30. The topological polar surface area (TPSA) is 64.3 Å². The van der Waals surface area contributed by atoms with Gasteiger partial charge in [-0.05, 0) is 50.1 Å². The van der Waals surface area contributed by atoms with Gasteiger partial charge >= 0.3 is 0 Å². The standard InChI is InChI=1S/C18H22N2O2.ClH/c1-14-7-9-17(10-8-14)22-12-3-2-11-20-18(21)15-5-4-6-16(19)13-15;/h4-10,13H,2-3,11-12,19H2,1H3,(H,20,21);1H. The minimum absolute atomic E-state index is 0. The van der Waals surface area contributed by atoms with Gasteiger partial charge in [-0.3, -0.25) is 4.79 Å². The third-order valence-electron chi connectivity index (χ3n) is 3.30. The van der Waals surface area contributed by atoms with Gasteiger partial charge in [-0.25, -0.2) is 0 Å². The zero-order chi connectivity index (χ0) is 15.8. The Hall–Kier alpha value is -2.20. The maximum absolute atomic E-state index is 11.9. The summed E-state index contributed by atoms with van der Waals surface area (Å²) in [4.78, 5) is 11.9. The van der Waals surface area contributed by atoms with E-state index in [0.717, 1.165) is 18.6 Å². The molecule has 0 aliphatic carbocycles. The first-order valence-corrected chi connectivity index (χ1v) is 7.48. The van der Waals surface area contributed by atoms with Crippen LogP contribution >= 0.6 is 12.4 Å². The number of carbonyl (C=O) groups is 1. The van der Waals surface area contributed by atoms with E-state index in [-0.39, 0.29) is 18.3 Å². The van der Waals surface area contributed by atoms with Crippen molar-refractivity contribution >= 4 is 24.0 Å². The number of halogens is 1. The quantitative estimate of drug-likeness (QED) is 0.600. The van der Waals surface area contributed by atoms with Crippen molar-refractivity contribution in [3.05, 3.63) is 59.7 Å². The molecule has 0 fully saturated rings. The third kappa shape index (κ3) is 6.61. The number of carbonyl (C=O) groups excluding carboxylic acids is 1. The molecule has 2 rings (SSSR count). The maximum atomic E-state index is 11.9. The fourth-order valence-electron chi connectivity index (χ4n) is 2.04. The van der Waals surface area contributed by atoms with Crippen molar-refractivity contribution in [1.82, 2.24) is 5.32 Å². The summed E-state index contributed by atoms with van der Waals surface area (Å²) in [5.74, 6) is 0.793. The van der Waals surface area contributed by atoms with E-state index in [4.69, 9.17) is 10.5 Å². The van der Waals surface area contributed by atoms with Gasteiger partial charge in [0.05, 0.1) is 6.61 Å². The van der Waals surface area contributed by atoms with Crippen LogP contribution in [0, 0.1) is 6.92 Å². The molecule has 4 nitrogen and oxygen atoms in total. The van der Waals surface area contributed by atoms with E-state index >= 15 is 0 Å². The molecule has 1 amide bonds. The van der Waals surface area contributed by atoms with Crippen molar-refractivity contribution in [1.29, 1.82) is 0 Å². The number of hydrogen-bond donors (Lipinski definition) is 2. The molecule has 0 radical (unpaired) electrons.